The number of carbonyl (C=O) groups excluding carboxylic acids is 2. The van der Waals surface area contributed by atoms with Crippen LogP contribution >= 0.6 is 0 Å². The van der Waals surface area contributed by atoms with Crippen LogP contribution in [0.2, 0.25) is 0 Å². The Morgan fingerprint density at radius 2 is 1.02 bits per heavy atom. The van der Waals surface area contributed by atoms with Crippen molar-refractivity contribution >= 4 is 11.9 Å². The first-order valence-corrected chi connectivity index (χ1v) is 19.0. The van der Waals surface area contributed by atoms with Crippen LogP contribution in [0, 0.1) is 5.92 Å². The summed E-state index contributed by atoms with van der Waals surface area (Å²) in [5, 5.41) is 2.97. The average molecular weight is 748 g/mol. The lowest BCUT2D eigenvalue weighted by atomic mass is 9.94. The van der Waals surface area contributed by atoms with Gasteiger partial charge in [0.15, 0.2) is 0 Å². The third kappa shape index (κ3) is 11.7. The zero-order valence-corrected chi connectivity index (χ0v) is 32.3. The van der Waals surface area contributed by atoms with Gasteiger partial charge in [-0.2, -0.15) is 0 Å². The second-order valence-corrected chi connectivity index (χ2v) is 14.3. The van der Waals surface area contributed by atoms with E-state index in [0.29, 0.717) is 51.3 Å². The summed E-state index contributed by atoms with van der Waals surface area (Å²) in [6, 6.07) is 37.2. The molecular weight excluding hydrogens is 699 g/mol. The van der Waals surface area contributed by atoms with Crippen molar-refractivity contribution in [2.75, 3.05) is 7.11 Å². The third-order valence-electron chi connectivity index (χ3n) is 9.29. The first-order valence-electron chi connectivity index (χ1n) is 19.0. The van der Waals surface area contributed by atoms with Gasteiger partial charge in [0.2, 0.25) is 0 Å². The molecule has 0 aliphatic rings. The van der Waals surface area contributed by atoms with Gasteiger partial charge in [-0.05, 0) is 101 Å². The molecule has 10 heteroatoms. The number of esters is 1. The maximum Gasteiger partial charge on any atom is 0.328 e. The van der Waals surface area contributed by atoms with Crippen molar-refractivity contribution in [2.24, 2.45) is 5.92 Å². The largest absolute Gasteiger partial charge is 0.467 e. The SMILES string of the molecule is COC(=O)[C@H](CC(C)C)NC(=O)c1ccccc1-c1cc(CN(Cc2ccccn2)Cc2ccccn2)cc(CN(Cc2ccccn2)Cc2ccccn2)c1. The molecule has 0 spiro atoms. The van der Waals surface area contributed by atoms with Gasteiger partial charge in [0, 0.05) is 69.6 Å². The second-order valence-electron chi connectivity index (χ2n) is 14.3. The predicted molar refractivity (Wildman–Crippen MR) is 217 cm³/mol. The van der Waals surface area contributed by atoms with Gasteiger partial charge in [0.25, 0.3) is 5.91 Å². The van der Waals surface area contributed by atoms with Gasteiger partial charge >= 0.3 is 5.97 Å². The van der Waals surface area contributed by atoms with Gasteiger partial charge < -0.3 is 10.1 Å². The van der Waals surface area contributed by atoms with Crippen LogP contribution in [-0.2, 0) is 48.8 Å². The van der Waals surface area contributed by atoms with Gasteiger partial charge in [-0.25, -0.2) is 4.79 Å². The number of amides is 1. The molecule has 4 heterocycles. The lowest BCUT2D eigenvalue weighted by molar-refractivity contribution is -0.143. The number of hydrogen-bond acceptors (Lipinski definition) is 9. The quantitative estimate of drug-likeness (QED) is 0.0886. The molecule has 6 rings (SSSR count). The molecule has 2 aromatic carbocycles. The Labute approximate surface area is 329 Å². The van der Waals surface area contributed by atoms with Crippen molar-refractivity contribution in [1.29, 1.82) is 0 Å². The van der Waals surface area contributed by atoms with Gasteiger partial charge in [0.05, 0.1) is 29.9 Å². The highest BCUT2D eigenvalue weighted by molar-refractivity contribution is 6.02. The molecule has 10 nitrogen and oxygen atoms in total. The van der Waals surface area contributed by atoms with Crippen molar-refractivity contribution in [2.45, 2.75) is 65.6 Å². The Morgan fingerprint density at radius 3 is 1.41 bits per heavy atom. The Morgan fingerprint density at radius 1 is 0.589 bits per heavy atom. The van der Waals surface area contributed by atoms with Crippen LogP contribution < -0.4 is 5.32 Å². The molecule has 1 amide bonds. The van der Waals surface area contributed by atoms with E-state index in [1.165, 1.54) is 7.11 Å². The smallest absolute Gasteiger partial charge is 0.328 e. The molecule has 0 aliphatic heterocycles. The number of benzene rings is 2. The Bertz CT molecular complexity index is 1940. The first-order chi connectivity index (χ1) is 27.3. The fraction of sp³-hybridized carbons (Fsp3) is 0.261. The summed E-state index contributed by atoms with van der Waals surface area (Å²) in [5.41, 5.74) is 8.12. The van der Waals surface area contributed by atoms with Crippen LogP contribution in [0.4, 0.5) is 0 Å². The van der Waals surface area contributed by atoms with Gasteiger partial charge in [-0.15, -0.1) is 0 Å². The fourth-order valence-electron chi connectivity index (χ4n) is 6.83. The molecule has 56 heavy (non-hydrogen) atoms. The van der Waals surface area contributed by atoms with Gasteiger partial charge in [-0.1, -0.05) is 62.4 Å². The molecule has 0 unspecified atom stereocenters. The van der Waals surface area contributed by atoms with Crippen molar-refractivity contribution < 1.29 is 14.3 Å². The summed E-state index contributed by atoms with van der Waals surface area (Å²) in [7, 11) is 1.35. The second kappa shape index (κ2) is 20.0. The van der Waals surface area contributed by atoms with Crippen molar-refractivity contribution in [3.8, 4) is 11.1 Å². The van der Waals surface area contributed by atoms with E-state index in [1.54, 1.807) is 0 Å². The Balaban J connectivity index is 1.40. The van der Waals surface area contributed by atoms with Crippen molar-refractivity contribution in [3.05, 3.63) is 180 Å². The maximum absolute atomic E-state index is 14.0. The normalized spacial score (nSPS) is 11.8. The molecule has 0 saturated heterocycles. The summed E-state index contributed by atoms with van der Waals surface area (Å²) in [6.45, 7) is 7.69. The zero-order chi connectivity index (χ0) is 39.1. The summed E-state index contributed by atoms with van der Waals surface area (Å²) >= 11 is 0. The van der Waals surface area contributed by atoms with Crippen LogP contribution in [0.25, 0.3) is 11.1 Å². The van der Waals surface area contributed by atoms with E-state index in [-0.39, 0.29) is 11.8 Å². The van der Waals surface area contributed by atoms with Crippen LogP contribution in [0.1, 0.15) is 64.5 Å². The summed E-state index contributed by atoms with van der Waals surface area (Å²) in [4.78, 5) is 50.0. The molecule has 0 radical (unpaired) electrons. The van der Waals surface area contributed by atoms with E-state index >= 15 is 0 Å². The molecule has 0 bridgehead atoms. The molecule has 4 aromatic heterocycles. The Kier molecular flexibility index (Phi) is 14.1. The maximum atomic E-state index is 14.0. The highest BCUT2D eigenvalue weighted by Gasteiger charge is 2.25. The minimum atomic E-state index is -0.763. The summed E-state index contributed by atoms with van der Waals surface area (Å²) in [5.74, 6) is -0.618. The van der Waals surface area contributed by atoms with Crippen LogP contribution in [0.3, 0.4) is 0 Å². The number of pyridine rings is 4. The molecule has 6 aromatic rings. The molecule has 1 atom stereocenters. The molecule has 0 fully saturated rings. The molecule has 1 N–H and O–H groups in total. The minimum Gasteiger partial charge on any atom is -0.467 e. The number of nitrogens with zero attached hydrogens (tertiary/aromatic N) is 6. The fourth-order valence-corrected chi connectivity index (χ4v) is 6.83. The monoisotopic (exact) mass is 747 g/mol. The van der Waals surface area contributed by atoms with Crippen molar-refractivity contribution in [3.63, 3.8) is 0 Å². The van der Waals surface area contributed by atoms with Gasteiger partial charge in [0.1, 0.15) is 6.04 Å². The lowest BCUT2D eigenvalue weighted by Gasteiger charge is -2.25. The number of methoxy groups -OCH3 is 1. The van der Waals surface area contributed by atoms with Crippen LogP contribution in [-0.4, -0.2) is 54.8 Å². The third-order valence-corrected chi connectivity index (χ3v) is 9.29. The van der Waals surface area contributed by atoms with E-state index in [2.05, 4.69) is 53.3 Å². The number of hydrogen-bond donors (Lipinski definition) is 1. The Hall–Kier alpha value is -6.10. The van der Waals surface area contributed by atoms with E-state index in [9.17, 15) is 9.59 Å². The predicted octanol–water partition coefficient (Wildman–Crippen LogP) is 7.66. The molecule has 0 aliphatic carbocycles. The number of aromatic nitrogens is 4. The highest BCUT2D eigenvalue weighted by atomic mass is 16.5. The molecular formula is C46H49N7O3. The van der Waals surface area contributed by atoms with Crippen LogP contribution in [0.15, 0.2) is 140 Å². The van der Waals surface area contributed by atoms with Crippen molar-refractivity contribution in [1.82, 2.24) is 35.1 Å². The standard InChI is InChI=1S/C46H49N7O3/c1-34(2)24-44(46(55)56-3)51-45(54)43-19-5-4-18-42(43)37-26-35(28-52(30-38-14-6-10-20-47-38)31-39-15-7-11-21-48-39)25-36(27-37)29-53(32-40-16-8-12-22-49-40)33-41-17-9-13-23-50-41/h4-23,25-27,34,44H,24,28-33H2,1-3H3,(H,51,54)/t44-/m0/s1. The number of carbonyl (C=O) groups is 2. The van der Waals surface area contributed by atoms with E-state index in [4.69, 9.17) is 4.74 Å². The van der Waals surface area contributed by atoms with E-state index in [0.717, 1.165) is 45.0 Å². The summed E-state index contributed by atoms with van der Waals surface area (Å²) < 4.78 is 5.06. The first kappa shape index (κ1) is 39.6. The topological polar surface area (TPSA) is 113 Å². The number of rotatable bonds is 18. The number of ether oxygens (including phenoxy) is 1. The van der Waals surface area contributed by atoms with Gasteiger partial charge in [-0.3, -0.25) is 34.5 Å². The zero-order valence-electron chi connectivity index (χ0n) is 32.3. The minimum absolute atomic E-state index is 0.175. The van der Waals surface area contributed by atoms with E-state index in [1.807, 2.05) is 136 Å². The van der Waals surface area contributed by atoms with E-state index < -0.39 is 12.0 Å². The van der Waals surface area contributed by atoms with Crippen LogP contribution in [0.5, 0.6) is 0 Å². The molecule has 0 saturated carbocycles. The average Bonchev–Trinajstić information content (AvgIpc) is 3.21. The summed E-state index contributed by atoms with van der Waals surface area (Å²) in [6.07, 6.45) is 7.74. The highest BCUT2D eigenvalue weighted by Crippen LogP contribution is 2.29. The number of nitrogens with one attached hydrogen (secondary N) is 1. The molecule has 286 valence electrons. The lowest BCUT2D eigenvalue weighted by Crippen LogP contribution is -2.42.